The minimum atomic E-state index is -0.833. The van der Waals surface area contributed by atoms with Crippen LogP contribution in [-0.4, -0.2) is 44.4 Å². The van der Waals surface area contributed by atoms with Crippen LogP contribution in [0, 0.1) is 5.92 Å². The highest BCUT2D eigenvalue weighted by Gasteiger charge is 2.55. The maximum absolute atomic E-state index is 12.9. The molecule has 1 aliphatic carbocycles. The van der Waals surface area contributed by atoms with Gasteiger partial charge in [0.2, 0.25) is 5.91 Å². The molecule has 2 aliphatic rings. The van der Waals surface area contributed by atoms with Crippen LogP contribution in [0.3, 0.4) is 0 Å². The molecule has 2 atom stereocenters. The Bertz CT molecular complexity index is 925. The molecule has 2 N–H and O–H groups in total. The molecule has 8 nitrogen and oxygen atoms in total. The topological polar surface area (TPSA) is 96.3 Å². The van der Waals surface area contributed by atoms with E-state index in [-0.39, 0.29) is 24.3 Å². The predicted octanol–water partition coefficient (Wildman–Crippen LogP) is 2.05. The first-order valence-electron chi connectivity index (χ1n) is 10.4. The molecule has 2 fully saturated rings. The fourth-order valence-electron chi connectivity index (χ4n) is 4.39. The van der Waals surface area contributed by atoms with Crippen LogP contribution in [0.5, 0.6) is 0 Å². The maximum atomic E-state index is 12.9. The monoisotopic (exact) mass is 409 g/mol. The summed E-state index contributed by atoms with van der Waals surface area (Å²) in [5.41, 5.74) is 1.25. The lowest BCUT2D eigenvalue weighted by molar-refractivity contribution is -0.137. The molecule has 30 heavy (non-hydrogen) atoms. The van der Waals surface area contributed by atoms with Gasteiger partial charge in [0.15, 0.2) is 0 Å². The molecule has 2 unspecified atom stereocenters. The number of hydrogen-bond acceptors (Lipinski definition) is 4. The van der Waals surface area contributed by atoms with Crippen LogP contribution < -0.4 is 10.6 Å². The summed E-state index contributed by atoms with van der Waals surface area (Å²) in [5.74, 6) is -0.531. The van der Waals surface area contributed by atoms with Gasteiger partial charge < -0.3 is 15.2 Å². The Balaban J connectivity index is 1.30. The zero-order valence-corrected chi connectivity index (χ0v) is 17.1. The summed E-state index contributed by atoms with van der Waals surface area (Å²) in [4.78, 5) is 42.8. The van der Waals surface area contributed by atoms with Crippen LogP contribution in [0.4, 0.5) is 4.79 Å². The van der Waals surface area contributed by atoms with Crippen LogP contribution in [0.15, 0.2) is 43.0 Å². The zero-order valence-electron chi connectivity index (χ0n) is 17.1. The Morgan fingerprint density at radius 2 is 2.00 bits per heavy atom. The minimum Gasteiger partial charge on any atom is -0.350 e. The molecular formula is C22H27N5O3. The zero-order chi connectivity index (χ0) is 21.1. The highest BCUT2D eigenvalue weighted by molar-refractivity contribution is 6.09. The summed E-state index contributed by atoms with van der Waals surface area (Å²) in [6, 6.07) is 7.46. The average Bonchev–Trinajstić information content (AvgIpc) is 3.33. The number of imide groups is 1. The number of imidazole rings is 1. The largest absolute Gasteiger partial charge is 0.350 e. The van der Waals surface area contributed by atoms with Gasteiger partial charge in [0.25, 0.3) is 5.91 Å². The van der Waals surface area contributed by atoms with Crippen LogP contribution in [0.2, 0.25) is 0 Å². The lowest BCUT2D eigenvalue weighted by Gasteiger charge is -2.36. The molecule has 158 valence electrons. The van der Waals surface area contributed by atoms with E-state index in [0.29, 0.717) is 13.0 Å². The molecule has 4 amide bonds. The third-order valence-electron chi connectivity index (χ3n) is 6.24. The van der Waals surface area contributed by atoms with Gasteiger partial charge in [-0.15, -0.1) is 0 Å². The third-order valence-corrected chi connectivity index (χ3v) is 6.24. The molecule has 1 aromatic carbocycles. The Morgan fingerprint density at radius 3 is 2.70 bits per heavy atom. The number of nitrogens with zero attached hydrogens (tertiary/aromatic N) is 3. The number of nitrogens with one attached hydrogen (secondary N) is 2. The van der Waals surface area contributed by atoms with E-state index in [0.717, 1.165) is 41.8 Å². The van der Waals surface area contributed by atoms with Gasteiger partial charge in [-0.25, -0.2) is 9.78 Å². The SMILES string of the molecule is CC1CCCCC12NC(=O)N(CC(=O)NCc1ccc(Cn3ccnc3)cc1)C2=O. The second kappa shape index (κ2) is 8.30. The van der Waals surface area contributed by atoms with E-state index in [2.05, 4.69) is 15.6 Å². The van der Waals surface area contributed by atoms with Crippen molar-refractivity contribution < 1.29 is 14.4 Å². The fourth-order valence-corrected chi connectivity index (χ4v) is 4.39. The number of hydrogen-bond donors (Lipinski definition) is 2. The Labute approximate surface area is 175 Å². The quantitative estimate of drug-likeness (QED) is 0.714. The number of urea groups is 1. The Hall–Kier alpha value is -3.16. The van der Waals surface area contributed by atoms with Gasteiger partial charge in [0.05, 0.1) is 6.33 Å². The summed E-state index contributed by atoms with van der Waals surface area (Å²) in [6.07, 6.45) is 8.93. The van der Waals surface area contributed by atoms with Crippen molar-refractivity contribution in [2.24, 2.45) is 5.92 Å². The van der Waals surface area contributed by atoms with Crippen molar-refractivity contribution in [2.45, 2.75) is 51.2 Å². The van der Waals surface area contributed by atoms with Crippen molar-refractivity contribution in [3.63, 3.8) is 0 Å². The van der Waals surface area contributed by atoms with Gasteiger partial charge in [-0.05, 0) is 29.9 Å². The summed E-state index contributed by atoms with van der Waals surface area (Å²) >= 11 is 0. The second-order valence-corrected chi connectivity index (χ2v) is 8.27. The molecule has 1 saturated carbocycles. The first-order valence-corrected chi connectivity index (χ1v) is 10.4. The van der Waals surface area contributed by atoms with Crippen molar-refractivity contribution in [3.8, 4) is 0 Å². The molecule has 0 radical (unpaired) electrons. The lowest BCUT2D eigenvalue weighted by atomic mass is 9.73. The normalized spacial score (nSPS) is 23.6. The van der Waals surface area contributed by atoms with E-state index in [1.807, 2.05) is 42.0 Å². The molecular weight excluding hydrogens is 382 g/mol. The van der Waals surface area contributed by atoms with Gasteiger partial charge in [0, 0.05) is 25.5 Å². The molecule has 0 bridgehead atoms. The summed E-state index contributed by atoms with van der Waals surface area (Å²) in [6.45, 7) is 2.82. The molecule has 1 aromatic heterocycles. The van der Waals surface area contributed by atoms with Gasteiger partial charge in [-0.3, -0.25) is 14.5 Å². The van der Waals surface area contributed by atoms with Crippen molar-refractivity contribution in [1.29, 1.82) is 0 Å². The van der Waals surface area contributed by atoms with Crippen molar-refractivity contribution >= 4 is 17.8 Å². The van der Waals surface area contributed by atoms with Gasteiger partial charge in [0.1, 0.15) is 12.1 Å². The summed E-state index contributed by atoms with van der Waals surface area (Å²) < 4.78 is 1.98. The minimum absolute atomic E-state index is 0.0802. The standard InChI is InChI=1S/C22H27N5O3/c1-16-4-2-3-9-22(16)20(29)27(21(30)25-22)14-19(28)24-12-17-5-7-18(8-6-17)13-26-11-10-23-15-26/h5-8,10-11,15-16H,2-4,9,12-14H2,1H3,(H,24,28)(H,25,30). The van der Waals surface area contributed by atoms with Crippen LogP contribution in [0.1, 0.15) is 43.7 Å². The first kappa shape index (κ1) is 20.1. The van der Waals surface area contributed by atoms with Crippen molar-refractivity contribution in [1.82, 2.24) is 25.1 Å². The van der Waals surface area contributed by atoms with Crippen molar-refractivity contribution in [3.05, 3.63) is 54.1 Å². The van der Waals surface area contributed by atoms with Gasteiger partial charge >= 0.3 is 6.03 Å². The van der Waals surface area contributed by atoms with Gasteiger partial charge in [-0.1, -0.05) is 44.0 Å². The Morgan fingerprint density at radius 1 is 1.23 bits per heavy atom. The molecule has 1 spiro atoms. The van der Waals surface area contributed by atoms with Crippen molar-refractivity contribution in [2.75, 3.05) is 6.54 Å². The summed E-state index contributed by atoms with van der Waals surface area (Å²) in [7, 11) is 0. The number of carbonyl (C=O) groups excluding carboxylic acids is 3. The molecule has 1 saturated heterocycles. The number of amides is 4. The molecule has 1 aliphatic heterocycles. The Kier molecular flexibility index (Phi) is 5.57. The summed E-state index contributed by atoms with van der Waals surface area (Å²) in [5, 5.41) is 5.68. The molecule has 2 aromatic rings. The van der Waals surface area contributed by atoms with Crippen LogP contribution >= 0.6 is 0 Å². The molecule has 2 heterocycles. The first-order chi connectivity index (χ1) is 14.5. The number of carbonyl (C=O) groups is 3. The smallest absolute Gasteiger partial charge is 0.325 e. The maximum Gasteiger partial charge on any atom is 0.325 e. The van der Waals surface area contributed by atoms with E-state index in [9.17, 15) is 14.4 Å². The number of rotatable bonds is 6. The molecule has 8 heteroatoms. The highest BCUT2D eigenvalue weighted by Crippen LogP contribution is 2.38. The second-order valence-electron chi connectivity index (χ2n) is 8.27. The molecule has 4 rings (SSSR count). The van der Waals surface area contributed by atoms with E-state index >= 15 is 0 Å². The van der Waals surface area contributed by atoms with Gasteiger partial charge in [-0.2, -0.15) is 0 Å². The number of benzene rings is 1. The van der Waals surface area contributed by atoms with E-state index < -0.39 is 11.6 Å². The van der Waals surface area contributed by atoms with E-state index in [1.54, 1.807) is 12.5 Å². The third kappa shape index (κ3) is 3.94. The fraction of sp³-hybridized carbons (Fsp3) is 0.455. The van der Waals surface area contributed by atoms with E-state index in [4.69, 9.17) is 0 Å². The highest BCUT2D eigenvalue weighted by atomic mass is 16.2. The lowest BCUT2D eigenvalue weighted by Crippen LogP contribution is -2.54. The predicted molar refractivity (Wildman–Crippen MR) is 110 cm³/mol. The number of aromatic nitrogens is 2. The van der Waals surface area contributed by atoms with Crippen LogP contribution in [0.25, 0.3) is 0 Å². The average molecular weight is 409 g/mol. The van der Waals surface area contributed by atoms with Crippen LogP contribution in [-0.2, 0) is 22.7 Å². The van der Waals surface area contributed by atoms with E-state index in [1.165, 1.54) is 0 Å².